The Morgan fingerprint density at radius 3 is 2.57 bits per heavy atom. The summed E-state index contributed by atoms with van der Waals surface area (Å²) in [5.74, 6) is -1.11. The number of ketones is 1. The van der Waals surface area contributed by atoms with E-state index in [1.54, 1.807) is 6.20 Å². The SMILES string of the molecule is NCCOc1cc(/C=C/CCC(=O)c2cncn(Cc3ccc(F)c(F)c3)c2=O)cc2cnc(Cc3ccc(N4CCOCC4)cc3)nc12. The third-order valence-corrected chi connectivity index (χ3v) is 8.16. The summed E-state index contributed by atoms with van der Waals surface area (Å²) in [4.78, 5) is 41.6. The second-order valence-corrected chi connectivity index (χ2v) is 11.7. The molecule has 12 heteroatoms. The van der Waals surface area contributed by atoms with Gasteiger partial charge in [0, 0.05) is 55.9 Å². The number of Topliss-reactive ketones (excluding diaryl/α,β-unsaturated/α-hetero) is 1. The van der Waals surface area contributed by atoms with Crippen LogP contribution in [-0.2, 0) is 17.7 Å². The number of anilines is 1. The number of carbonyl (C=O) groups is 1. The molecule has 1 saturated heterocycles. The highest BCUT2D eigenvalue weighted by Gasteiger charge is 2.15. The second kappa shape index (κ2) is 15.7. The summed E-state index contributed by atoms with van der Waals surface area (Å²) in [6.07, 6.45) is 9.01. The molecule has 0 bridgehead atoms. The number of allylic oxidation sites excluding steroid dienone is 1. The summed E-state index contributed by atoms with van der Waals surface area (Å²) in [7, 11) is 0. The van der Waals surface area contributed by atoms with Crippen molar-refractivity contribution in [1.29, 1.82) is 0 Å². The summed E-state index contributed by atoms with van der Waals surface area (Å²) in [5.41, 5.74) is 9.28. The zero-order chi connectivity index (χ0) is 34.2. The standard InChI is InChI=1S/C37H36F2N6O4/c38-31-10-7-27(18-32(31)39)23-45-24-41-22-30(37(45)47)33(46)4-2-1-3-26-17-28-21-42-35(43-36(28)34(19-26)49-14-11-40)20-25-5-8-29(9-6-25)44-12-15-48-16-13-44/h1,3,5-10,17-19,21-22,24H,2,4,11-16,20,23,40H2/b3-1+. The van der Waals surface area contributed by atoms with Crippen molar-refractivity contribution in [1.82, 2.24) is 19.5 Å². The van der Waals surface area contributed by atoms with Gasteiger partial charge in [-0.1, -0.05) is 30.4 Å². The Bertz CT molecular complexity index is 2030. The smallest absolute Gasteiger partial charge is 0.264 e. The Labute approximate surface area is 281 Å². The van der Waals surface area contributed by atoms with Crippen molar-refractivity contribution in [2.45, 2.75) is 25.8 Å². The molecule has 1 fully saturated rings. The average molecular weight is 667 g/mol. The summed E-state index contributed by atoms with van der Waals surface area (Å²) >= 11 is 0. The monoisotopic (exact) mass is 666 g/mol. The van der Waals surface area contributed by atoms with Crippen molar-refractivity contribution < 1.29 is 23.0 Å². The summed E-state index contributed by atoms with van der Waals surface area (Å²) in [5, 5.41) is 0.800. The third kappa shape index (κ3) is 8.40. The van der Waals surface area contributed by atoms with E-state index in [9.17, 15) is 18.4 Å². The molecule has 3 aromatic carbocycles. The molecule has 0 unspecified atom stereocenters. The predicted molar refractivity (Wildman–Crippen MR) is 183 cm³/mol. The van der Waals surface area contributed by atoms with Gasteiger partial charge in [-0.3, -0.25) is 14.2 Å². The molecular weight excluding hydrogens is 630 g/mol. The van der Waals surface area contributed by atoms with Crippen LogP contribution in [0, 0.1) is 11.6 Å². The van der Waals surface area contributed by atoms with Crippen LogP contribution in [0.2, 0.25) is 0 Å². The van der Waals surface area contributed by atoms with E-state index in [1.807, 2.05) is 24.3 Å². The highest BCUT2D eigenvalue weighted by atomic mass is 19.2. The van der Waals surface area contributed by atoms with Crippen LogP contribution in [0.25, 0.3) is 17.0 Å². The molecule has 1 aliphatic rings. The lowest BCUT2D eigenvalue weighted by atomic mass is 10.1. The number of carbonyl (C=O) groups excluding carboxylic acids is 1. The minimum atomic E-state index is -1.01. The first-order chi connectivity index (χ1) is 23.9. The minimum Gasteiger partial charge on any atom is -0.490 e. The van der Waals surface area contributed by atoms with Gasteiger partial charge in [0.1, 0.15) is 29.3 Å². The first-order valence-corrected chi connectivity index (χ1v) is 16.1. The van der Waals surface area contributed by atoms with Crippen LogP contribution in [0.15, 0.2) is 84.2 Å². The number of rotatable bonds is 13. The van der Waals surface area contributed by atoms with E-state index < -0.39 is 17.2 Å². The normalized spacial score (nSPS) is 13.3. The maximum Gasteiger partial charge on any atom is 0.264 e. The Kier molecular flexibility index (Phi) is 10.8. The van der Waals surface area contributed by atoms with E-state index in [4.69, 9.17) is 20.2 Å². The number of fused-ring (bicyclic) bond motifs is 1. The summed E-state index contributed by atoms with van der Waals surface area (Å²) in [6, 6.07) is 15.6. The van der Waals surface area contributed by atoms with Crippen molar-refractivity contribution >= 4 is 28.4 Å². The number of aromatic nitrogens is 4. The van der Waals surface area contributed by atoms with Gasteiger partial charge in [0.15, 0.2) is 17.4 Å². The lowest BCUT2D eigenvalue weighted by molar-refractivity contribution is 0.0981. The number of nitrogens with zero attached hydrogens (tertiary/aromatic N) is 5. The Hall–Kier alpha value is -5.33. The molecule has 0 saturated carbocycles. The van der Waals surface area contributed by atoms with Crippen molar-refractivity contribution in [2.75, 3.05) is 44.4 Å². The van der Waals surface area contributed by atoms with Gasteiger partial charge in [-0.05, 0) is 59.5 Å². The zero-order valence-electron chi connectivity index (χ0n) is 26.9. The van der Waals surface area contributed by atoms with E-state index in [-0.39, 0.29) is 24.3 Å². The van der Waals surface area contributed by atoms with Crippen LogP contribution in [0.1, 0.15) is 45.7 Å². The molecule has 3 heterocycles. The highest BCUT2D eigenvalue weighted by Crippen LogP contribution is 2.27. The molecule has 5 aromatic rings. The first-order valence-electron chi connectivity index (χ1n) is 16.1. The lowest BCUT2D eigenvalue weighted by Gasteiger charge is -2.28. The molecule has 6 rings (SSSR count). The second-order valence-electron chi connectivity index (χ2n) is 11.7. The van der Waals surface area contributed by atoms with Crippen LogP contribution in [0.4, 0.5) is 14.5 Å². The van der Waals surface area contributed by atoms with Crippen LogP contribution in [-0.4, -0.2) is 64.8 Å². The molecule has 2 aromatic heterocycles. The number of morpholine rings is 1. The van der Waals surface area contributed by atoms with E-state index in [0.717, 1.165) is 54.9 Å². The quantitative estimate of drug-likeness (QED) is 0.174. The van der Waals surface area contributed by atoms with Gasteiger partial charge < -0.3 is 20.1 Å². The fourth-order valence-electron chi connectivity index (χ4n) is 5.62. The molecule has 0 aliphatic carbocycles. The van der Waals surface area contributed by atoms with Gasteiger partial charge in [-0.2, -0.15) is 0 Å². The number of halogens is 2. The maximum atomic E-state index is 13.6. The number of ether oxygens (including phenoxy) is 2. The van der Waals surface area contributed by atoms with Crippen molar-refractivity contribution in [3.05, 3.63) is 129 Å². The largest absolute Gasteiger partial charge is 0.490 e. The fourth-order valence-corrected chi connectivity index (χ4v) is 5.62. The molecule has 10 nitrogen and oxygen atoms in total. The summed E-state index contributed by atoms with van der Waals surface area (Å²) < 4.78 is 39.5. The molecular formula is C37H36F2N6O4. The number of benzene rings is 3. The van der Waals surface area contributed by atoms with Crippen molar-refractivity contribution in [3.8, 4) is 5.75 Å². The molecule has 252 valence electrons. The van der Waals surface area contributed by atoms with Crippen LogP contribution in [0.5, 0.6) is 5.75 Å². The zero-order valence-corrected chi connectivity index (χ0v) is 26.9. The Morgan fingerprint density at radius 2 is 1.80 bits per heavy atom. The van der Waals surface area contributed by atoms with Crippen LogP contribution < -0.4 is 20.9 Å². The molecule has 0 atom stereocenters. The van der Waals surface area contributed by atoms with Crippen molar-refractivity contribution in [2.24, 2.45) is 5.73 Å². The number of hydrogen-bond acceptors (Lipinski definition) is 9. The maximum absolute atomic E-state index is 13.6. The number of nitrogens with two attached hydrogens (primary N) is 1. The van der Waals surface area contributed by atoms with Crippen LogP contribution >= 0.6 is 0 Å². The Morgan fingerprint density at radius 1 is 1.00 bits per heavy atom. The minimum absolute atomic E-state index is 0.0474. The summed E-state index contributed by atoms with van der Waals surface area (Å²) in [6.45, 7) is 3.85. The van der Waals surface area contributed by atoms with Crippen LogP contribution in [0.3, 0.4) is 0 Å². The van der Waals surface area contributed by atoms with Gasteiger partial charge in [-0.15, -0.1) is 0 Å². The first kappa shape index (κ1) is 33.6. The van der Waals surface area contributed by atoms with Gasteiger partial charge in [0.05, 0.1) is 26.1 Å². The average Bonchev–Trinajstić information content (AvgIpc) is 3.12. The van der Waals surface area contributed by atoms with E-state index >= 15 is 0 Å². The van der Waals surface area contributed by atoms with Crippen molar-refractivity contribution in [3.63, 3.8) is 0 Å². The molecule has 2 N–H and O–H groups in total. The predicted octanol–water partition coefficient (Wildman–Crippen LogP) is 4.95. The number of hydrogen-bond donors (Lipinski definition) is 1. The fraction of sp³-hybridized carbons (Fsp3) is 0.270. The molecule has 0 amide bonds. The Balaban J connectivity index is 1.11. The van der Waals surface area contributed by atoms with Gasteiger partial charge in [0.25, 0.3) is 5.56 Å². The highest BCUT2D eigenvalue weighted by molar-refractivity contribution is 5.95. The molecule has 49 heavy (non-hydrogen) atoms. The molecule has 0 radical (unpaired) electrons. The lowest BCUT2D eigenvalue weighted by Crippen LogP contribution is -2.36. The van der Waals surface area contributed by atoms with Gasteiger partial charge >= 0.3 is 0 Å². The van der Waals surface area contributed by atoms with Gasteiger partial charge in [-0.25, -0.2) is 23.7 Å². The van der Waals surface area contributed by atoms with Gasteiger partial charge in [0.2, 0.25) is 0 Å². The van der Waals surface area contributed by atoms with E-state index in [2.05, 4.69) is 39.1 Å². The van der Waals surface area contributed by atoms with E-state index in [1.165, 1.54) is 28.8 Å². The van der Waals surface area contributed by atoms with E-state index in [0.29, 0.717) is 48.6 Å². The topological polar surface area (TPSA) is 125 Å². The molecule has 1 aliphatic heterocycles. The third-order valence-electron chi connectivity index (χ3n) is 8.16. The molecule has 0 spiro atoms.